The smallest absolute Gasteiger partial charge is 0.271 e. The molecule has 4 aromatic carbocycles. The Morgan fingerprint density at radius 2 is 1.78 bits per heavy atom. The number of aliphatic hydroxyl groups is 1. The first-order chi connectivity index (χ1) is 19.8. The fourth-order valence-electron chi connectivity index (χ4n) is 4.30. The first-order valence-corrected chi connectivity index (χ1v) is 13.8. The van der Waals surface area contributed by atoms with E-state index in [1.54, 1.807) is 6.21 Å². The predicted octanol–water partition coefficient (Wildman–Crippen LogP) is 6.01. The zero-order valence-electron chi connectivity index (χ0n) is 22.5. The lowest BCUT2D eigenvalue weighted by molar-refractivity contribution is 0.0955. The molecular formula is C32H31Cl2N3O4. The number of ether oxygens (including phenoxy) is 1. The van der Waals surface area contributed by atoms with Crippen molar-refractivity contribution >= 4 is 35.3 Å². The van der Waals surface area contributed by atoms with Crippen molar-refractivity contribution in [3.8, 4) is 22.6 Å². The molecule has 1 amide bonds. The number of carbonyl (C=O) groups excluding carboxylic acids is 1. The Morgan fingerprint density at radius 1 is 1.02 bits per heavy atom. The van der Waals surface area contributed by atoms with Gasteiger partial charge in [-0.05, 0) is 78.1 Å². The van der Waals surface area contributed by atoms with Gasteiger partial charge in [0.2, 0.25) is 0 Å². The number of phenolic OH excluding ortho intramolecular Hbond substituents is 1. The Kier molecular flexibility index (Phi) is 10.8. The summed E-state index contributed by atoms with van der Waals surface area (Å²) < 4.78 is 6.25. The molecular weight excluding hydrogens is 561 g/mol. The first kappa shape index (κ1) is 30.1. The molecule has 0 bridgehead atoms. The summed E-state index contributed by atoms with van der Waals surface area (Å²) in [5.74, 6) is 0.198. The van der Waals surface area contributed by atoms with E-state index in [-0.39, 0.29) is 29.0 Å². The lowest BCUT2D eigenvalue weighted by atomic mass is 9.99. The van der Waals surface area contributed by atoms with Gasteiger partial charge in [-0.1, -0.05) is 65.7 Å². The van der Waals surface area contributed by atoms with E-state index in [0.717, 1.165) is 33.6 Å². The number of aromatic hydroxyl groups is 1. The van der Waals surface area contributed by atoms with E-state index >= 15 is 0 Å². The van der Waals surface area contributed by atoms with Crippen LogP contribution in [0.4, 0.5) is 0 Å². The highest BCUT2D eigenvalue weighted by atomic mass is 35.5. The molecule has 4 aromatic rings. The second-order valence-electron chi connectivity index (χ2n) is 9.46. The number of phenols is 1. The van der Waals surface area contributed by atoms with E-state index in [1.807, 2.05) is 73.7 Å². The molecule has 0 fully saturated rings. The van der Waals surface area contributed by atoms with Crippen LogP contribution < -0.4 is 15.5 Å². The Labute approximate surface area is 249 Å². The van der Waals surface area contributed by atoms with Gasteiger partial charge in [0.05, 0.1) is 17.8 Å². The van der Waals surface area contributed by atoms with Gasteiger partial charge in [-0.15, -0.1) is 0 Å². The largest absolute Gasteiger partial charge is 0.506 e. The molecule has 9 heteroatoms. The van der Waals surface area contributed by atoms with Gasteiger partial charge in [0.15, 0.2) is 0 Å². The Hall–Kier alpha value is -3.88. The molecule has 4 N–H and O–H groups in total. The SMILES string of the molecule is Cc1cc(/C=N/NC(=O)c2ccc(O)c(Cl)c2)cc(-c2ccccc2)c1OCCNC(CO)Cc1ccc(Cl)cc1. The van der Waals surface area contributed by atoms with Gasteiger partial charge < -0.3 is 20.3 Å². The van der Waals surface area contributed by atoms with E-state index < -0.39 is 5.91 Å². The second kappa shape index (κ2) is 14.7. The topological polar surface area (TPSA) is 103 Å². The lowest BCUT2D eigenvalue weighted by Gasteiger charge is -2.19. The summed E-state index contributed by atoms with van der Waals surface area (Å²) in [4.78, 5) is 12.4. The Bertz CT molecular complexity index is 1500. The molecule has 4 rings (SSSR count). The average Bonchev–Trinajstić information content (AvgIpc) is 2.98. The van der Waals surface area contributed by atoms with Gasteiger partial charge in [-0.2, -0.15) is 5.10 Å². The highest BCUT2D eigenvalue weighted by molar-refractivity contribution is 6.32. The predicted molar refractivity (Wildman–Crippen MR) is 164 cm³/mol. The van der Waals surface area contributed by atoms with Gasteiger partial charge in [0, 0.05) is 28.7 Å². The van der Waals surface area contributed by atoms with Crippen LogP contribution >= 0.6 is 23.2 Å². The summed E-state index contributed by atoms with van der Waals surface area (Å²) in [7, 11) is 0. The molecule has 0 spiro atoms. The minimum absolute atomic E-state index is 0.00126. The standard InChI is InChI=1S/C32H31Cl2N3O4/c1-21-15-23(19-36-37-32(40)25-9-12-30(39)29(34)18-25)17-28(24-5-3-2-4-6-24)31(21)41-14-13-35-27(20-38)16-22-7-10-26(33)11-8-22/h2-12,15,17-19,27,35,38-39H,13-14,16,20H2,1H3,(H,37,40)/b36-19+. The van der Waals surface area contributed by atoms with Gasteiger partial charge >= 0.3 is 0 Å². The van der Waals surface area contributed by atoms with Gasteiger partial charge in [-0.3, -0.25) is 4.79 Å². The zero-order valence-corrected chi connectivity index (χ0v) is 24.0. The van der Waals surface area contributed by atoms with Crippen molar-refractivity contribution in [2.45, 2.75) is 19.4 Å². The number of aryl methyl sites for hydroxylation is 1. The minimum Gasteiger partial charge on any atom is -0.506 e. The number of carbonyl (C=O) groups is 1. The van der Waals surface area contributed by atoms with Crippen LogP contribution in [-0.4, -0.2) is 48.1 Å². The molecule has 1 atom stereocenters. The van der Waals surface area contributed by atoms with Crippen LogP contribution in [0.25, 0.3) is 11.1 Å². The maximum Gasteiger partial charge on any atom is 0.271 e. The van der Waals surface area contributed by atoms with Crippen molar-refractivity contribution in [1.82, 2.24) is 10.7 Å². The minimum atomic E-state index is -0.451. The summed E-state index contributed by atoms with van der Waals surface area (Å²) in [5.41, 5.74) is 7.41. The molecule has 0 saturated heterocycles. The highest BCUT2D eigenvalue weighted by Crippen LogP contribution is 2.34. The highest BCUT2D eigenvalue weighted by Gasteiger charge is 2.13. The van der Waals surface area contributed by atoms with E-state index in [0.29, 0.717) is 24.6 Å². The third-order valence-electron chi connectivity index (χ3n) is 6.37. The van der Waals surface area contributed by atoms with E-state index in [2.05, 4.69) is 15.8 Å². The summed E-state index contributed by atoms with van der Waals surface area (Å²) in [5, 5.41) is 27.6. The average molecular weight is 593 g/mol. The molecule has 0 saturated carbocycles. The number of hydrazone groups is 1. The third kappa shape index (κ3) is 8.55. The van der Waals surface area contributed by atoms with Crippen LogP contribution in [0.2, 0.25) is 10.0 Å². The van der Waals surface area contributed by atoms with Gasteiger partial charge in [0.25, 0.3) is 5.91 Å². The third-order valence-corrected chi connectivity index (χ3v) is 6.92. The van der Waals surface area contributed by atoms with E-state index in [1.165, 1.54) is 18.2 Å². The Morgan fingerprint density at radius 3 is 2.49 bits per heavy atom. The van der Waals surface area contributed by atoms with Crippen molar-refractivity contribution in [2.75, 3.05) is 19.8 Å². The van der Waals surface area contributed by atoms with Crippen molar-refractivity contribution in [3.63, 3.8) is 0 Å². The van der Waals surface area contributed by atoms with E-state index in [4.69, 9.17) is 27.9 Å². The fourth-order valence-corrected chi connectivity index (χ4v) is 4.61. The van der Waals surface area contributed by atoms with Crippen LogP contribution in [0, 0.1) is 6.92 Å². The second-order valence-corrected chi connectivity index (χ2v) is 10.3. The summed E-state index contributed by atoms with van der Waals surface area (Å²) in [6, 6.07) is 25.5. The van der Waals surface area contributed by atoms with Crippen molar-refractivity contribution in [3.05, 3.63) is 117 Å². The number of rotatable bonds is 12. The number of amides is 1. The number of benzene rings is 4. The number of hydrogen-bond acceptors (Lipinski definition) is 6. The monoisotopic (exact) mass is 591 g/mol. The van der Waals surface area contributed by atoms with Crippen molar-refractivity contribution in [1.29, 1.82) is 0 Å². The molecule has 0 aliphatic heterocycles. The molecule has 7 nitrogen and oxygen atoms in total. The van der Waals surface area contributed by atoms with Crippen LogP contribution in [0.1, 0.15) is 27.0 Å². The van der Waals surface area contributed by atoms with Crippen LogP contribution in [0.3, 0.4) is 0 Å². The quantitative estimate of drug-likeness (QED) is 0.0917. The summed E-state index contributed by atoms with van der Waals surface area (Å²) in [6.45, 7) is 2.90. The summed E-state index contributed by atoms with van der Waals surface area (Å²) in [6.07, 6.45) is 2.24. The molecule has 0 aliphatic rings. The summed E-state index contributed by atoms with van der Waals surface area (Å²) >= 11 is 11.9. The van der Waals surface area contributed by atoms with Gasteiger partial charge in [0.1, 0.15) is 18.1 Å². The first-order valence-electron chi connectivity index (χ1n) is 13.1. The fraction of sp³-hybridized carbons (Fsp3) is 0.188. The molecule has 41 heavy (non-hydrogen) atoms. The van der Waals surface area contributed by atoms with Crippen LogP contribution in [-0.2, 0) is 6.42 Å². The number of hydrogen-bond donors (Lipinski definition) is 4. The molecule has 0 radical (unpaired) electrons. The van der Waals surface area contributed by atoms with Crippen molar-refractivity contribution in [2.24, 2.45) is 5.10 Å². The zero-order chi connectivity index (χ0) is 29.2. The Balaban J connectivity index is 1.43. The number of aliphatic hydroxyl groups excluding tert-OH is 1. The number of nitrogens with one attached hydrogen (secondary N) is 2. The van der Waals surface area contributed by atoms with Gasteiger partial charge in [-0.25, -0.2) is 5.43 Å². The molecule has 0 aliphatic carbocycles. The molecule has 212 valence electrons. The van der Waals surface area contributed by atoms with E-state index in [9.17, 15) is 15.0 Å². The van der Waals surface area contributed by atoms with Crippen LogP contribution in [0.15, 0.2) is 90.0 Å². The maximum absolute atomic E-state index is 12.4. The maximum atomic E-state index is 12.4. The van der Waals surface area contributed by atoms with Crippen LogP contribution in [0.5, 0.6) is 11.5 Å². The molecule has 0 heterocycles. The molecule has 0 aromatic heterocycles. The molecule has 1 unspecified atom stereocenters. The normalized spacial score (nSPS) is 11.9. The number of halogens is 2. The number of nitrogens with zero attached hydrogens (tertiary/aromatic N) is 1. The lowest BCUT2D eigenvalue weighted by Crippen LogP contribution is -2.37. The van der Waals surface area contributed by atoms with Crippen molar-refractivity contribution < 1.29 is 19.7 Å².